The highest BCUT2D eigenvalue weighted by molar-refractivity contribution is 8.00. The number of benzene rings is 2. The third-order valence-corrected chi connectivity index (χ3v) is 4.60. The molecule has 1 atom stereocenters. The fraction of sp³-hybridized carbons (Fsp3) is 0.250. The summed E-state index contributed by atoms with van der Waals surface area (Å²) in [6.45, 7) is 5.89. The summed E-state index contributed by atoms with van der Waals surface area (Å²) in [5.74, 6) is 1.89. The predicted octanol–water partition coefficient (Wildman–Crippen LogP) is 4.39. The Bertz CT molecular complexity index is 763. The van der Waals surface area contributed by atoms with E-state index in [9.17, 15) is 4.79 Å². The summed E-state index contributed by atoms with van der Waals surface area (Å²) in [7, 11) is 3.18. The zero-order valence-electron chi connectivity index (χ0n) is 15.2. The van der Waals surface area contributed by atoms with Crippen molar-refractivity contribution in [3.8, 4) is 17.2 Å². The van der Waals surface area contributed by atoms with Crippen LogP contribution in [0.15, 0.2) is 60.0 Å². The van der Waals surface area contributed by atoms with Gasteiger partial charge in [0.2, 0.25) is 5.91 Å². The Kier molecular flexibility index (Phi) is 7.41. The highest BCUT2D eigenvalue weighted by Crippen LogP contribution is 2.33. The van der Waals surface area contributed by atoms with Gasteiger partial charge in [0.1, 0.15) is 12.4 Å². The van der Waals surface area contributed by atoms with Crippen LogP contribution in [0, 0.1) is 0 Å². The van der Waals surface area contributed by atoms with Crippen molar-refractivity contribution < 1.29 is 19.0 Å². The molecule has 0 fully saturated rings. The van der Waals surface area contributed by atoms with Crippen LogP contribution in [0.3, 0.4) is 0 Å². The summed E-state index contributed by atoms with van der Waals surface area (Å²) in [5, 5.41) is 2.62. The van der Waals surface area contributed by atoms with Gasteiger partial charge in [-0.2, -0.15) is 0 Å². The molecule has 138 valence electrons. The van der Waals surface area contributed by atoms with Crippen molar-refractivity contribution in [2.24, 2.45) is 0 Å². The molecule has 1 N–H and O–H groups in total. The lowest BCUT2D eigenvalue weighted by molar-refractivity contribution is -0.115. The van der Waals surface area contributed by atoms with Crippen molar-refractivity contribution in [3.05, 3.63) is 55.1 Å². The molecule has 2 aromatic carbocycles. The quantitative estimate of drug-likeness (QED) is 0.522. The number of amides is 1. The average Bonchev–Trinajstić information content (AvgIpc) is 2.66. The van der Waals surface area contributed by atoms with Crippen molar-refractivity contribution in [1.82, 2.24) is 0 Å². The van der Waals surface area contributed by atoms with E-state index in [-0.39, 0.29) is 11.2 Å². The van der Waals surface area contributed by atoms with Gasteiger partial charge in [-0.25, -0.2) is 0 Å². The van der Waals surface area contributed by atoms with E-state index in [1.54, 1.807) is 26.4 Å². The molecule has 2 aromatic rings. The number of nitrogens with one attached hydrogen (secondary N) is 1. The van der Waals surface area contributed by atoms with E-state index in [1.807, 2.05) is 43.3 Å². The number of hydrogen-bond donors (Lipinski definition) is 1. The number of hydrogen-bond acceptors (Lipinski definition) is 5. The fourth-order valence-electron chi connectivity index (χ4n) is 2.21. The second-order valence-electron chi connectivity index (χ2n) is 5.39. The largest absolute Gasteiger partial charge is 0.493 e. The zero-order chi connectivity index (χ0) is 18.9. The Hall–Kier alpha value is -2.60. The van der Waals surface area contributed by atoms with Gasteiger partial charge in [0, 0.05) is 16.6 Å². The average molecular weight is 373 g/mol. The number of methoxy groups -OCH3 is 2. The maximum atomic E-state index is 12.5. The second-order valence-corrected chi connectivity index (χ2v) is 6.81. The van der Waals surface area contributed by atoms with Crippen LogP contribution in [-0.4, -0.2) is 32.0 Å². The van der Waals surface area contributed by atoms with E-state index in [0.29, 0.717) is 29.5 Å². The molecule has 0 heterocycles. The Morgan fingerprint density at radius 1 is 1.19 bits per heavy atom. The SMILES string of the molecule is C=CCOc1cccc(NC(=O)[C@@H](C)Sc2ccc(OC)c(OC)c2)c1. The van der Waals surface area contributed by atoms with Crippen LogP contribution in [0.2, 0.25) is 0 Å². The predicted molar refractivity (Wildman–Crippen MR) is 106 cm³/mol. The van der Waals surface area contributed by atoms with E-state index in [4.69, 9.17) is 14.2 Å². The summed E-state index contributed by atoms with van der Waals surface area (Å²) in [5.41, 5.74) is 0.691. The molecule has 26 heavy (non-hydrogen) atoms. The first kappa shape index (κ1) is 19.7. The molecule has 5 nitrogen and oxygen atoms in total. The molecule has 2 rings (SSSR count). The van der Waals surface area contributed by atoms with Gasteiger partial charge in [-0.15, -0.1) is 11.8 Å². The monoisotopic (exact) mass is 373 g/mol. The van der Waals surface area contributed by atoms with Gasteiger partial charge >= 0.3 is 0 Å². The zero-order valence-corrected chi connectivity index (χ0v) is 16.0. The third kappa shape index (κ3) is 5.46. The van der Waals surface area contributed by atoms with Gasteiger partial charge in [-0.1, -0.05) is 18.7 Å². The highest BCUT2D eigenvalue weighted by Gasteiger charge is 2.16. The van der Waals surface area contributed by atoms with Crippen LogP contribution in [-0.2, 0) is 4.79 Å². The number of anilines is 1. The minimum Gasteiger partial charge on any atom is -0.493 e. The fourth-order valence-corrected chi connectivity index (χ4v) is 3.11. The normalized spacial score (nSPS) is 11.3. The van der Waals surface area contributed by atoms with Crippen LogP contribution >= 0.6 is 11.8 Å². The summed E-state index contributed by atoms with van der Waals surface area (Å²) in [4.78, 5) is 13.4. The first-order valence-electron chi connectivity index (χ1n) is 8.10. The molecular formula is C20H23NO4S. The van der Waals surface area contributed by atoms with Crippen molar-refractivity contribution in [2.75, 3.05) is 26.1 Å². The summed E-state index contributed by atoms with van der Waals surface area (Å²) < 4.78 is 16.0. The lowest BCUT2D eigenvalue weighted by atomic mass is 10.3. The molecule has 0 saturated heterocycles. The molecule has 0 saturated carbocycles. The molecule has 0 unspecified atom stereocenters. The molecule has 6 heteroatoms. The Morgan fingerprint density at radius 2 is 1.96 bits per heavy atom. The van der Waals surface area contributed by atoms with Gasteiger partial charge in [0.05, 0.1) is 19.5 Å². The summed E-state index contributed by atoms with van der Waals surface area (Å²) in [6, 6.07) is 12.9. The standard InChI is InChI=1S/C20H23NO4S/c1-5-11-25-16-8-6-7-15(12-16)21-20(22)14(2)26-17-9-10-18(23-3)19(13-17)24-4/h5-10,12-14H,1,11H2,2-4H3,(H,21,22)/t14-/m1/s1. The first-order valence-corrected chi connectivity index (χ1v) is 8.98. The topological polar surface area (TPSA) is 56.8 Å². The molecule has 0 aromatic heterocycles. The van der Waals surface area contributed by atoms with Crippen molar-refractivity contribution in [3.63, 3.8) is 0 Å². The molecule has 0 bridgehead atoms. The van der Waals surface area contributed by atoms with E-state index in [2.05, 4.69) is 11.9 Å². The number of carbonyl (C=O) groups is 1. The number of ether oxygens (including phenoxy) is 3. The van der Waals surface area contributed by atoms with E-state index in [1.165, 1.54) is 11.8 Å². The summed E-state index contributed by atoms with van der Waals surface area (Å²) >= 11 is 1.45. The molecule has 1 amide bonds. The lowest BCUT2D eigenvalue weighted by Crippen LogP contribution is -2.22. The van der Waals surface area contributed by atoms with E-state index < -0.39 is 0 Å². The van der Waals surface area contributed by atoms with Crippen LogP contribution in [0.1, 0.15) is 6.92 Å². The Morgan fingerprint density at radius 3 is 2.65 bits per heavy atom. The smallest absolute Gasteiger partial charge is 0.237 e. The molecule has 0 aliphatic carbocycles. The van der Waals surface area contributed by atoms with Crippen LogP contribution in [0.4, 0.5) is 5.69 Å². The lowest BCUT2D eigenvalue weighted by Gasteiger charge is -2.14. The maximum absolute atomic E-state index is 12.5. The number of carbonyl (C=O) groups excluding carboxylic acids is 1. The first-order chi connectivity index (χ1) is 12.6. The summed E-state index contributed by atoms with van der Waals surface area (Å²) in [6.07, 6.45) is 1.67. The van der Waals surface area contributed by atoms with Gasteiger partial charge in [0.15, 0.2) is 11.5 Å². The van der Waals surface area contributed by atoms with Gasteiger partial charge in [-0.05, 0) is 37.3 Å². The molecule has 0 radical (unpaired) electrons. The van der Waals surface area contributed by atoms with Crippen LogP contribution in [0.5, 0.6) is 17.2 Å². The second kappa shape index (κ2) is 9.77. The number of rotatable bonds is 9. The Balaban J connectivity index is 2.00. The van der Waals surface area contributed by atoms with Crippen molar-refractivity contribution >= 4 is 23.4 Å². The van der Waals surface area contributed by atoms with E-state index in [0.717, 1.165) is 4.90 Å². The van der Waals surface area contributed by atoms with Gasteiger partial charge < -0.3 is 19.5 Å². The number of thioether (sulfide) groups is 1. The molecule has 0 spiro atoms. The molecule has 0 aliphatic heterocycles. The highest BCUT2D eigenvalue weighted by atomic mass is 32.2. The third-order valence-electron chi connectivity index (χ3n) is 3.51. The Labute approximate surface area is 158 Å². The minimum atomic E-state index is -0.286. The van der Waals surface area contributed by atoms with Crippen LogP contribution < -0.4 is 19.5 Å². The molecule has 0 aliphatic rings. The molecular weight excluding hydrogens is 350 g/mol. The van der Waals surface area contributed by atoms with E-state index >= 15 is 0 Å². The van der Waals surface area contributed by atoms with Crippen LogP contribution in [0.25, 0.3) is 0 Å². The van der Waals surface area contributed by atoms with Crippen molar-refractivity contribution in [2.45, 2.75) is 17.1 Å². The van der Waals surface area contributed by atoms with Gasteiger partial charge in [-0.3, -0.25) is 4.79 Å². The van der Waals surface area contributed by atoms with Crippen molar-refractivity contribution in [1.29, 1.82) is 0 Å². The maximum Gasteiger partial charge on any atom is 0.237 e. The van der Waals surface area contributed by atoms with Gasteiger partial charge in [0.25, 0.3) is 0 Å². The minimum absolute atomic E-state index is 0.0920.